The van der Waals surface area contributed by atoms with Crippen LogP contribution in [0, 0.1) is 0 Å². The second kappa shape index (κ2) is 6.75. The van der Waals surface area contributed by atoms with Gasteiger partial charge in [0.05, 0.1) is 12.7 Å². The first-order chi connectivity index (χ1) is 8.42. The van der Waals surface area contributed by atoms with Crippen molar-refractivity contribution in [2.75, 3.05) is 7.11 Å². The lowest BCUT2D eigenvalue weighted by atomic mass is 10.0. The van der Waals surface area contributed by atoms with Gasteiger partial charge in [0.25, 0.3) is 0 Å². The summed E-state index contributed by atoms with van der Waals surface area (Å²) in [6.45, 7) is 0.420. The minimum atomic E-state index is -4.16. The van der Waals surface area contributed by atoms with E-state index < -0.39 is 18.7 Å². The molecule has 1 N–H and O–H groups in total. The number of hydrogen-bond acceptors (Lipinski definition) is 2. The number of ether oxygens (including phenoxy) is 1. The van der Waals surface area contributed by atoms with Crippen LogP contribution in [0.5, 0.6) is 0 Å². The lowest BCUT2D eigenvalue weighted by Crippen LogP contribution is -2.08. The molecule has 0 fully saturated rings. The Bertz CT molecular complexity index is 363. The van der Waals surface area contributed by atoms with E-state index in [1.807, 2.05) is 6.07 Å². The molecule has 1 unspecified atom stereocenters. The summed E-state index contributed by atoms with van der Waals surface area (Å²) in [4.78, 5) is 0. The molecule has 0 aliphatic heterocycles. The predicted octanol–water partition coefficient (Wildman–Crippen LogP) is 3.60. The summed E-state index contributed by atoms with van der Waals surface area (Å²) in [6, 6.07) is 7.06. The van der Waals surface area contributed by atoms with E-state index in [-0.39, 0.29) is 12.8 Å². The maximum atomic E-state index is 12.0. The highest BCUT2D eigenvalue weighted by molar-refractivity contribution is 5.24. The molecule has 1 atom stereocenters. The fourth-order valence-electron chi connectivity index (χ4n) is 1.72. The summed E-state index contributed by atoms with van der Waals surface area (Å²) in [5, 5.41) is 9.80. The molecule has 1 aromatic carbocycles. The molecule has 0 aliphatic rings. The maximum Gasteiger partial charge on any atom is 0.389 e. The topological polar surface area (TPSA) is 29.5 Å². The van der Waals surface area contributed by atoms with Crippen LogP contribution >= 0.6 is 0 Å². The number of methoxy groups -OCH3 is 1. The maximum absolute atomic E-state index is 12.0. The summed E-state index contributed by atoms with van der Waals surface area (Å²) in [7, 11) is 1.56. The number of aliphatic hydroxyl groups is 1. The van der Waals surface area contributed by atoms with Gasteiger partial charge >= 0.3 is 6.18 Å². The molecule has 18 heavy (non-hydrogen) atoms. The summed E-state index contributed by atoms with van der Waals surface area (Å²) in [6.07, 6.45) is -5.83. The first kappa shape index (κ1) is 15.0. The molecule has 2 nitrogen and oxygen atoms in total. The third-order valence-corrected chi connectivity index (χ3v) is 2.58. The van der Waals surface area contributed by atoms with Gasteiger partial charge in [-0.25, -0.2) is 0 Å². The molecule has 0 heterocycles. The Morgan fingerprint density at radius 1 is 1.33 bits per heavy atom. The minimum absolute atomic E-state index is 0.0703. The Labute approximate surface area is 104 Å². The molecule has 5 heteroatoms. The van der Waals surface area contributed by atoms with E-state index in [0.717, 1.165) is 5.56 Å². The van der Waals surface area contributed by atoms with E-state index in [0.29, 0.717) is 12.2 Å². The zero-order valence-corrected chi connectivity index (χ0v) is 10.2. The molecular formula is C13H17F3O2. The molecule has 0 bridgehead atoms. The van der Waals surface area contributed by atoms with E-state index in [2.05, 4.69) is 0 Å². The largest absolute Gasteiger partial charge is 0.389 e. The van der Waals surface area contributed by atoms with Gasteiger partial charge in [-0.3, -0.25) is 0 Å². The van der Waals surface area contributed by atoms with Crippen molar-refractivity contribution >= 4 is 0 Å². The molecule has 0 aliphatic carbocycles. The molecular weight excluding hydrogens is 245 g/mol. The number of halogens is 3. The zero-order chi connectivity index (χ0) is 13.6. The van der Waals surface area contributed by atoms with Crippen molar-refractivity contribution in [3.05, 3.63) is 35.4 Å². The third-order valence-electron chi connectivity index (χ3n) is 2.58. The van der Waals surface area contributed by atoms with E-state index in [1.165, 1.54) is 0 Å². The van der Waals surface area contributed by atoms with Crippen LogP contribution in [0.4, 0.5) is 13.2 Å². The predicted molar refractivity (Wildman–Crippen MR) is 62.0 cm³/mol. The number of benzene rings is 1. The Kier molecular flexibility index (Phi) is 5.62. The monoisotopic (exact) mass is 262 g/mol. The second-order valence-electron chi connectivity index (χ2n) is 4.20. The molecule has 0 radical (unpaired) electrons. The lowest BCUT2D eigenvalue weighted by molar-refractivity contribution is -0.136. The van der Waals surface area contributed by atoms with Crippen molar-refractivity contribution in [3.8, 4) is 0 Å². The molecule has 0 amide bonds. The minimum Gasteiger partial charge on any atom is -0.388 e. The van der Waals surface area contributed by atoms with Crippen LogP contribution in [0.3, 0.4) is 0 Å². The van der Waals surface area contributed by atoms with Gasteiger partial charge < -0.3 is 9.84 Å². The molecule has 0 saturated carbocycles. The van der Waals surface area contributed by atoms with Crippen molar-refractivity contribution in [1.82, 2.24) is 0 Å². The van der Waals surface area contributed by atoms with Gasteiger partial charge in [0.15, 0.2) is 0 Å². The van der Waals surface area contributed by atoms with Gasteiger partial charge in [0, 0.05) is 13.5 Å². The highest BCUT2D eigenvalue weighted by Gasteiger charge is 2.26. The van der Waals surface area contributed by atoms with Crippen molar-refractivity contribution in [3.63, 3.8) is 0 Å². The van der Waals surface area contributed by atoms with Crippen LogP contribution in [-0.4, -0.2) is 18.4 Å². The van der Waals surface area contributed by atoms with Crippen molar-refractivity contribution in [2.24, 2.45) is 0 Å². The highest BCUT2D eigenvalue weighted by atomic mass is 19.4. The van der Waals surface area contributed by atoms with E-state index >= 15 is 0 Å². The first-order valence-electron chi connectivity index (χ1n) is 5.75. The average Bonchev–Trinajstić information content (AvgIpc) is 2.28. The molecule has 1 rings (SSSR count). The van der Waals surface area contributed by atoms with Crippen LogP contribution in [-0.2, 0) is 11.3 Å². The Hall–Kier alpha value is -1.07. The fourth-order valence-corrected chi connectivity index (χ4v) is 1.72. The SMILES string of the molecule is COCc1cccc(C(O)CCCC(F)(F)F)c1. The lowest BCUT2D eigenvalue weighted by Gasteiger charge is -2.13. The van der Waals surface area contributed by atoms with Gasteiger partial charge in [-0.15, -0.1) is 0 Å². The van der Waals surface area contributed by atoms with E-state index in [1.54, 1.807) is 25.3 Å². The van der Waals surface area contributed by atoms with Gasteiger partial charge in [-0.1, -0.05) is 24.3 Å². The summed E-state index contributed by atoms with van der Waals surface area (Å²) >= 11 is 0. The molecule has 0 spiro atoms. The second-order valence-corrected chi connectivity index (χ2v) is 4.20. The highest BCUT2D eigenvalue weighted by Crippen LogP contribution is 2.26. The first-order valence-corrected chi connectivity index (χ1v) is 5.75. The molecule has 0 aromatic heterocycles. The van der Waals surface area contributed by atoms with E-state index in [9.17, 15) is 18.3 Å². The standard InChI is InChI=1S/C13H17F3O2/c1-18-9-10-4-2-5-11(8-10)12(17)6-3-7-13(14,15)16/h2,4-5,8,12,17H,3,6-7,9H2,1H3. The van der Waals surface area contributed by atoms with Crippen LogP contribution in [0.2, 0.25) is 0 Å². The number of alkyl halides is 3. The number of aliphatic hydroxyl groups excluding tert-OH is 1. The van der Waals surface area contributed by atoms with Gasteiger partial charge in [0.2, 0.25) is 0 Å². The number of rotatable bonds is 6. The van der Waals surface area contributed by atoms with Crippen molar-refractivity contribution in [1.29, 1.82) is 0 Å². The zero-order valence-electron chi connectivity index (χ0n) is 10.2. The number of hydrogen-bond donors (Lipinski definition) is 1. The van der Waals surface area contributed by atoms with E-state index in [4.69, 9.17) is 4.74 Å². The Morgan fingerprint density at radius 3 is 2.67 bits per heavy atom. The normalized spacial score (nSPS) is 13.6. The van der Waals surface area contributed by atoms with Gasteiger partial charge in [0.1, 0.15) is 0 Å². The molecule has 0 saturated heterocycles. The summed E-state index contributed by atoms with van der Waals surface area (Å²) < 4.78 is 40.9. The molecule has 102 valence electrons. The third kappa shape index (κ3) is 5.51. The molecule has 1 aromatic rings. The fraction of sp³-hybridized carbons (Fsp3) is 0.538. The Balaban J connectivity index is 2.50. The summed E-state index contributed by atoms with van der Waals surface area (Å²) in [5.41, 5.74) is 1.52. The van der Waals surface area contributed by atoms with Crippen LogP contribution in [0.1, 0.15) is 36.5 Å². The summed E-state index contributed by atoms with van der Waals surface area (Å²) in [5.74, 6) is 0. The average molecular weight is 262 g/mol. The quantitative estimate of drug-likeness (QED) is 0.848. The smallest absolute Gasteiger partial charge is 0.388 e. The van der Waals surface area contributed by atoms with Crippen molar-refractivity contribution in [2.45, 2.75) is 38.1 Å². The van der Waals surface area contributed by atoms with Crippen LogP contribution in [0.25, 0.3) is 0 Å². The van der Waals surface area contributed by atoms with Crippen LogP contribution in [0.15, 0.2) is 24.3 Å². The van der Waals surface area contributed by atoms with Gasteiger partial charge in [-0.05, 0) is 24.0 Å². The Morgan fingerprint density at radius 2 is 2.06 bits per heavy atom. The van der Waals surface area contributed by atoms with Gasteiger partial charge in [-0.2, -0.15) is 13.2 Å². The van der Waals surface area contributed by atoms with Crippen molar-refractivity contribution < 1.29 is 23.0 Å². The van der Waals surface area contributed by atoms with Crippen LogP contribution < -0.4 is 0 Å².